The van der Waals surface area contributed by atoms with Crippen LogP contribution in [0.2, 0.25) is 0 Å². The standard InChI is InChI=1S/C46H70N4O6S2/c1-15-19-23-57(53,54)47-35-27-37-33(43(9,10)45(13,21-17-3)49(37)29(5)6)25-31(35)39-41(51)40(42(39)52)32-26-34-38(28-36(32)48-58(55,56)24-20-16-2)50(30(7)8)46(14,22-18-4)44(34,11)12/h25-30H,15-24H2,1-14H3,(H2,47,48,51,52)/p+1. The third-order valence-corrected chi connectivity index (χ3v) is 16.6. The van der Waals surface area contributed by atoms with Gasteiger partial charge in [-0.2, -0.15) is 0 Å². The monoisotopic (exact) mass is 839 g/mol. The molecular formula is C46H71N4O6S2+. The molecule has 12 heteroatoms. The van der Waals surface area contributed by atoms with Crippen molar-refractivity contribution in [2.45, 2.75) is 182 Å². The fourth-order valence-electron chi connectivity index (χ4n) is 10.4. The van der Waals surface area contributed by atoms with Crippen molar-refractivity contribution in [3.05, 3.63) is 57.3 Å². The van der Waals surface area contributed by atoms with Gasteiger partial charge >= 0.3 is 0 Å². The predicted octanol–water partition coefficient (Wildman–Crippen LogP) is 8.29. The second kappa shape index (κ2) is 15.9. The summed E-state index contributed by atoms with van der Waals surface area (Å²) in [6, 6.07) is 7.70. The van der Waals surface area contributed by atoms with E-state index in [0.717, 1.165) is 47.9 Å². The molecule has 2 aromatic carbocycles. The summed E-state index contributed by atoms with van der Waals surface area (Å²) < 4.78 is 62.4. The second-order valence-corrected chi connectivity index (χ2v) is 22.7. The number of allylic oxidation sites excluding steroid dienone is 2. The van der Waals surface area contributed by atoms with Gasteiger partial charge in [-0.25, -0.2) is 21.4 Å². The summed E-state index contributed by atoms with van der Waals surface area (Å²) in [7, 11) is -7.63. The minimum atomic E-state index is -3.82. The highest BCUT2D eigenvalue weighted by Gasteiger charge is 2.58. The van der Waals surface area contributed by atoms with E-state index in [-0.39, 0.29) is 62.9 Å². The van der Waals surface area contributed by atoms with E-state index in [0.29, 0.717) is 36.5 Å². The Balaban J connectivity index is 1.87. The van der Waals surface area contributed by atoms with Crippen molar-refractivity contribution in [2.75, 3.05) is 25.8 Å². The fraction of sp³-hybridized carbons (Fsp3) is 0.652. The third kappa shape index (κ3) is 7.30. The molecule has 58 heavy (non-hydrogen) atoms. The Hall–Kier alpha value is -3.38. The van der Waals surface area contributed by atoms with Gasteiger partial charge in [-0.3, -0.25) is 14.2 Å². The Bertz CT molecular complexity index is 2360. The summed E-state index contributed by atoms with van der Waals surface area (Å²) in [6.07, 6.45) is 5.99. The lowest BCUT2D eigenvalue weighted by Gasteiger charge is -2.47. The Morgan fingerprint density at radius 1 is 0.707 bits per heavy atom. The van der Waals surface area contributed by atoms with Crippen molar-refractivity contribution < 1.29 is 26.7 Å². The molecule has 2 heterocycles. The van der Waals surface area contributed by atoms with Crippen LogP contribution in [0.25, 0.3) is 11.1 Å². The highest BCUT2D eigenvalue weighted by molar-refractivity contribution is 7.92. The molecule has 322 valence electrons. The molecule has 1 aliphatic carbocycles. The average Bonchev–Trinajstić information content (AvgIpc) is 3.38. The SMILES string of the molecule is CCCCS(=O)(=O)Nc1cc2c(cc1C1=C(O)/C(=c3/cc4c(cc3NS(=O)(=O)CCCC)=[N+](C(C)C)C(C)(CCC)C4(C)C)C1=O)C(C)(C)C(C)(CCC)N2C(C)C. The van der Waals surface area contributed by atoms with Crippen molar-refractivity contribution in [1.82, 2.24) is 4.58 Å². The number of benzene rings is 2. The Morgan fingerprint density at radius 3 is 1.74 bits per heavy atom. The van der Waals surface area contributed by atoms with E-state index in [1.54, 1.807) is 0 Å². The van der Waals surface area contributed by atoms with Gasteiger partial charge in [-0.1, -0.05) is 60.8 Å². The van der Waals surface area contributed by atoms with Crippen molar-refractivity contribution in [2.24, 2.45) is 0 Å². The van der Waals surface area contributed by atoms with E-state index in [2.05, 4.69) is 102 Å². The minimum absolute atomic E-state index is 0.0150. The van der Waals surface area contributed by atoms with Gasteiger partial charge < -0.3 is 10.0 Å². The zero-order valence-corrected chi connectivity index (χ0v) is 39.4. The minimum Gasteiger partial charge on any atom is -0.506 e. The molecule has 2 aliphatic heterocycles. The maximum atomic E-state index is 14.9. The Labute approximate surface area is 349 Å². The number of anilines is 3. The molecule has 0 saturated heterocycles. The molecule has 10 nitrogen and oxygen atoms in total. The first kappa shape index (κ1) is 45.7. The molecule has 0 fully saturated rings. The van der Waals surface area contributed by atoms with Crippen LogP contribution in [0.4, 0.5) is 17.1 Å². The first-order valence-corrected chi connectivity index (χ1v) is 24.9. The average molecular weight is 840 g/mol. The lowest BCUT2D eigenvalue weighted by molar-refractivity contribution is -0.109. The first-order valence-electron chi connectivity index (χ1n) is 21.6. The highest BCUT2D eigenvalue weighted by atomic mass is 32.2. The molecule has 0 amide bonds. The Kier molecular flexibility index (Phi) is 12.5. The molecule has 0 radical (unpaired) electrons. The highest BCUT2D eigenvalue weighted by Crippen LogP contribution is 2.57. The van der Waals surface area contributed by atoms with Crippen LogP contribution in [0.1, 0.15) is 165 Å². The first-order chi connectivity index (χ1) is 26.8. The Morgan fingerprint density at radius 2 is 1.26 bits per heavy atom. The lowest BCUT2D eigenvalue weighted by atomic mass is 9.68. The largest absolute Gasteiger partial charge is 0.506 e. The second-order valence-electron chi connectivity index (χ2n) is 19.0. The van der Waals surface area contributed by atoms with Gasteiger partial charge in [0.1, 0.15) is 11.8 Å². The van der Waals surface area contributed by atoms with Gasteiger partial charge in [0, 0.05) is 58.4 Å². The van der Waals surface area contributed by atoms with Crippen LogP contribution >= 0.6 is 0 Å². The van der Waals surface area contributed by atoms with Crippen molar-refractivity contribution >= 4 is 54.0 Å². The summed E-state index contributed by atoms with van der Waals surface area (Å²) in [5, 5.41) is 13.4. The number of sulfonamides is 2. The normalized spacial score (nSPS) is 23.5. The number of Topliss-reactive ketones (excluding diaryl/α,β-unsaturated/α-hetero) is 1. The summed E-state index contributed by atoms with van der Waals surface area (Å²) in [5.41, 5.74) is 2.22. The van der Waals surface area contributed by atoms with E-state index in [1.165, 1.54) is 0 Å². The number of hydrogen-bond donors (Lipinski definition) is 3. The number of hydrogen-bond acceptors (Lipinski definition) is 7. The smallest absolute Gasteiger partial charge is 0.232 e. The van der Waals surface area contributed by atoms with Gasteiger partial charge in [-0.15, -0.1) is 0 Å². The summed E-state index contributed by atoms with van der Waals surface area (Å²) in [4.78, 5) is 17.2. The molecule has 2 atom stereocenters. The molecule has 2 aromatic rings. The molecular weight excluding hydrogens is 769 g/mol. The number of aliphatic hydroxyl groups excluding tert-OH is 1. The van der Waals surface area contributed by atoms with E-state index in [1.807, 2.05) is 38.1 Å². The summed E-state index contributed by atoms with van der Waals surface area (Å²) in [6.45, 7) is 30.0. The molecule has 0 bridgehead atoms. The molecule has 0 saturated carbocycles. The van der Waals surface area contributed by atoms with Crippen LogP contribution in [0.3, 0.4) is 0 Å². The lowest BCUT2D eigenvalue weighted by Crippen LogP contribution is -2.55. The van der Waals surface area contributed by atoms with Crippen molar-refractivity contribution in [3.63, 3.8) is 0 Å². The molecule has 3 N–H and O–H groups in total. The molecule has 2 unspecified atom stereocenters. The van der Waals surface area contributed by atoms with E-state index in [4.69, 9.17) is 0 Å². The fourth-order valence-corrected chi connectivity index (χ4v) is 13.0. The zero-order chi connectivity index (χ0) is 43.6. The predicted molar refractivity (Wildman–Crippen MR) is 241 cm³/mol. The van der Waals surface area contributed by atoms with E-state index >= 15 is 0 Å². The van der Waals surface area contributed by atoms with Crippen LogP contribution in [0, 0.1) is 0 Å². The van der Waals surface area contributed by atoms with Gasteiger partial charge in [0.15, 0.2) is 5.54 Å². The van der Waals surface area contributed by atoms with E-state index in [9.17, 15) is 26.7 Å². The molecule has 0 spiro atoms. The molecule has 3 aliphatic rings. The van der Waals surface area contributed by atoms with Crippen LogP contribution in [0.5, 0.6) is 0 Å². The number of rotatable bonds is 17. The molecule has 5 rings (SSSR count). The van der Waals surface area contributed by atoms with Gasteiger partial charge in [0.05, 0.1) is 39.4 Å². The van der Waals surface area contributed by atoms with Crippen molar-refractivity contribution in [1.29, 1.82) is 0 Å². The topological polar surface area (TPSA) is 136 Å². The van der Waals surface area contributed by atoms with Gasteiger partial charge in [-0.05, 0) is 97.9 Å². The third-order valence-electron chi connectivity index (χ3n) is 13.9. The number of unbranched alkanes of at least 4 members (excludes halogenated alkanes) is 2. The van der Waals surface area contributed by atoms with Crippen LogP contribution < -0.4 is 29.5 Å². The van der Waals surface area contributed by atoms with Crippen LogP contribution in [-0.4, -0.2) is 62.4 Å². The van der Waals surface area contributed by atoms with Crippen LogP contribution in [0.15, 0.2) is 30.0 Å². The number of nitrogens with one attached hydrogen (secondary N) is 2. The number of fused-ring (bicyclic) bond motifs is 2. The quantitative estimate of drug-likeness (QED) is 0.137. The number of carbonyl (C=O) groups is 1. The van der Waals surface area contributed by atoms with Gasteiger partial charge in [0.25, 0.3) is 0 Å². The number of carbonyl (C=O) groups excluding carboxylic acids is 1. The summed E-state index contributed by atoms with van der Waals surface area (Å²) in [5.74, 6) is -0.921. The summed E-state index contributed by atoms with van der Waals surface area (Å²) >= 11 is 0. The number of nitrogens with zero attached hydrogens (tertiary/aromatic N) is 2. The maximum Gasteiger partial charge on any atom is 0.232 e. The number of ketones is 1. The zero-order valence-electron chi connectivity index (χ0n) is 37.7. The van der Waals surface area contributed by atoms with Crippen LogP contribution in [-0.2, 0) is 35.7 Å². The molecule has 0 aromatic heterocycles. The van der Waals surface area contributed by atoms with Gasteiger partial charge in [0.2, 0.25) is 31.2 Å². The maximum absolute atomic E-state index is 14.9. The van der Waals surface area contributed by atoms with E-state index < -0.39 is 36.7 Å². The van der Waals surface area contributed by atoms with Crippen molar-refractivity contribution in [3.8, 4) is 0 Å². The number of aliphatic hydroxyl groups is 1.